The highest BCUT2D eigenvalue weighted by atomic mass is 16.5. The van der Waals surface area contributed by atoms with Crippen LogP contribution in [0, 0.1) is 19.8 Å². The van der Waals surface area contributed by atoms with E-state index in [-0.39, 0.29) is 11.9 Å². The van der Waals surface area contributed by atoms with Crippen LogP contribution in [0.2, 0.25) is 0 Å². The summed E-state index contributed by atoms with van der Waals surface area (Å²) in [6.07, 6.45) is 1.65. The molecule has 5 nitrogen and oxygen atoms in total. The van der Waals surface area contributed by atoms with Gasteiger partial charge in [-0.05, 0) is 56.9 Å². The Morgan fingerprint density at radius 3 is 2.68 bits per heavy atom. The molecule has 1 saturated heterocycles. The van der Waals surface area contributed by atoms with Gasteiger partial charge in [-0.2, -0.15) is 0 Å². The van der Waals surface area contributed by atoms with E-state index in [2.05, 4.69) is 35.9 Å². The van der Waals surface area contributed by atoms with Crippen molar-refractivity contribution >= 4 is 23.0 Å². The molecule has 22 heavy (non-hydrogen) atoms. The lowest BCUT2D eigenvalue weighted by molar-refractivity contribution is -0.148. The maximum atomic E-state index is 11.8. The van der Waals surface area contributed by atoms with Crippen molar-refractivity contribution in [2.24, 2.45) is 5.92 Å². The number of aryl methyl sites for hydroxylation is 2. The molecule has 1 N–H and O–H groups in total. The first-order chi connectivity index (χ1) is 10.6. The summed E-state index contributed by atoms with van der Waals surface area (Å²) in [5, 5.41) is 0. The number of rotatable bonds is 3. The van der Waals surface area contributed by atoms with Crippen molar-refractivity contribution in [3.63, 3.8) is 0 Å². The molecule has 1 aromatic carbocycles. The van der Waals surface area contributed by atoms with Crippen molar-refractivity contribution in [2.75, 3.05) is 24.6 Å². The third-order valence-corrected chi connectivity index (χ3v) is 4.50. The van der Waals surface area contributed by atoms with E-state index in [1.165, 1.54) is 11.1 Å². The van der Waals surface area contributed by atoms with Crippen molar-refractivity contribution < 1.29 is 9.53 Å². The first kappa shape index (κ1) is 14.9. The zero-order valence-electron chi connectivity index (χ0n) is 13.5. The van der Waals surface area contributed by atoms with Crippen LogP contribution in [0.25, 0.3) is 11.0 Å². The fourth-order valence-corrected chi connectivity index (χ4v) is 2.99. The molecule has 0 bridgehead atoms. The van der Waals surface area contributed by atoms with Crippen LogP contribution in [0.4, 0.5) is 5.95 Å². The predicted octanol–water partition coefficient (Wildman–Crippen LogP) is 2.96. The Morgan fingerprint density at radius 1 is 1.32 bits per heavy atom. The highest BCUT2D eigenvalue weighted by molar-refractivity contribution is 5.79. The zero-order valence-corrected chi connectivity index (χ0v) is 13.5. The third-order valence-electron chi connectivity index (χ3n) is 4.50. The van der Waals surface area contributed by atoms with E-state index < -0.39 is 0 Å². The average molecular weight is 301 g/mol. The number of nitrogens with one attached hydrogen (secondary N) is 1. The second kappa shape index (κ2) is 5.99. The number of hydrogen-bond acceptors (Lipinski definition) is 4. The van der Waals surface area contributed by atoms with E-state index in [9.17, 15) is 4.79 Å². The Labute approximate surface area is 130 Å². The fourth-order valence-electron chi connectivity index (χ4n) is 2.99. The monoisotopic (exact) mass is 301 g/mol. The Hall–Kier alpha value is -2.04. The largest absolute Gasteiger partial charge is 0.466 e. The fraction of sp³-hybridized carbons (Fsp3) is 0.529. The summed E-state index contributed by atoms with van der Waals surface area (Å²) in [5.74, 6) is 0.880. The summed E-state index contributed by atoms with van der Waals surface area (Å²) in [5.41, 5.74) is 4.60. The van der Waals surface area contributed by atoms with Crippen LogP contribution in [0.15, 0.2) is 12.1 Å². The van der Waals surface area contributed by atoms with Gasteiger partial charge in [0.2, 0.25) is 5.95 Å². The minimum atomic E-state index is -0.0574. The van der Waals surface area contributed by atoms with Crippen LogP contribution in [-0.4, -0.2) is 35.6 Å². The van der Waals surface area contributed by atoms with Gasteiger partial charge in [0, 0.05) is 13.1 Å². The number of esters is 1. The third kappa shape index (κ3) is 2.80. The first-order valence-corrected chi connectivity index (χ1v) is 7.97. The molecule has 2 aromatic rings. The van der Waals surface area contributed by atoms with Crippen LogP contribution in [0.1, 0.15) is 30.9 Å². The summed E-state index contributed by atoms with van der Waals surface area (Å²) < 4.78 is 5.12. The maximum absolute atomic E-state index is 11.8. The Morgan fingerprint density at radius 2 is 2.00 bits per heavy atom. The Bertz CT molecular complexity index is 646. The van der Waals surface area contributed by atoms with Gasteiger partial charge in [-0.1, -0.05) is 0 Å². The van der Waals surface area contributed by atoms with E-state index in [0.717, 1.165) is 42.9 Å². The molecule has 118 valence electrons. The van der Waals surface area contributed by atoms with Crippen molar-refractivity contribution in [3.8, 4) is 0 Å². The second-order valence-electron chi connectivity index (χ2n) is 6.03. The van der Waals surface area contributed by atoms with Gasteiger partial charge in [-0.15, -0.1) is 0 Å². The Kier molecular flexibility index (Phi) is 4.05. The summed E-state index contributed by atoms with van der Waals surface area (Å²) in [7, 11) is 0. The number of nitrogens with zero attached hydrogens (tertiary/aromatic N) is 2. The number of fused-ring (bicyclic) bond motifs is 1. The van der Waals surface area contributed by atoms with E-state index in [1.54, 1.807) is 0 Å². The van der Waals surface area contributed by atoms with Crippen LogP contribution < -0.4 is 4.90 Å². The number of piperidine rings is 1. The highest BCUT2D eigenvalue weighted by Crippen LogP contribution is 2.25. The van der Waals surface area contributed by atoms with E-state index >= 15 is 0 Å². The molecule has 0 spiro atoms. The van der Waals surface area contributed by atoms with E-state index in [1.807, 2.05) is 6.92 Å². The first-order valence-electron chi connectivity index (χ1n) is 7.97. The number of benzene rings is 1. The normalized spacial score (nSPS) is 16.2. The smallest absolute Gasteiger partial charge is 0.309 e. The van der Waals surface area contributed by atoms with Crippen LogP contribution in [0.5, 0.6) is 0 Å². The number of aromatic nitrogens is 2. The molecular weight excluding hydrogens is 278 g/mol. The van der Waals surface area contributed by atoms with Crippen LogP contribution in [-0.2, 0) is 9.53 Å². The van der Waals surface area contributed by atoms with Gasteiger partial charge in [-0.3, -0.25) is 4.79 Å². The van der Waals surface area contributed by atoms with E-state index in [4.69, 9.17) is 9.72 Å². The number of aromatic amines is 1. The lowest BCUT2D eigenvalue weighted by Gasteiger charge is -2.30. The molecule has 0 atom stereocenters. The van der Waals surface area contributed by atoms with Crippen LogP contribution in [0.3, 0.4) is 0 Å². The van der Waals surface area contributed by atoms with Crippen molar-refractivity contribution in [1.82, 2.24) is 9.97 Å². The topological polar surface area (TPSA) is 58.2 Å². The van der Waals surface area contributed by atoms with Crippen molar-refractivity contribution in [2.45, 2.75) is 33.6 Å². The lowest BCUT2D eigenvalue weighted by atomic mass is 9.97. The molecule has 0 aliphatic carbocycles. The van der Waals surface area contributed by atoms with Gasteiger partial charge in [0.05, 0.1) is 23.6 Å². The molecule has 1 aliphatic rings. The van der Waals surface area contributed by atoms with Crippen molar-refractivity contribution in [3.05, 3.63) is 23.3 Å². The van der Waals surface area contributed by atoms with Gasteiger partial charge >= 0.3 is 5.97 Å². The van der Waals surface area contributed by atoms with Gasteiger partial charge in [0.15, 0.2) is 0 Å². The number of carbonyl (C=O) groups is 1. The lowest BCUT2D eigenvalue weighted by Crippen LogP contribution is -2.37. The minimum absolute atomic E-state index is 0.0325. The number of H-pyrrole nitrogens is 1. The highest BCUT2D eigenvalue weighted by Gasteiger charge is 2.27. The van der Waals surface area contributed by atoms with Crippen molar-refractivity contribution in [1.29, 1.82) is 0 Å². The number of ether oxygens (including phenoxy) is 1. The molecular formula is C17H23N3O2. The molecule has 0 radical (unpaired) electrons. The summed E-state index contributed by atoms with van der Waals surface area (Å²) in [4.78, 5) is 22.1. The SMILES string of the molecule is CCOC(=O)C1CCN(c2nc3cc(C)c(C)cc3[nH]2)CC1. The number of imidazole rings is 1. The van der Waals surface area contributed by atoms with Gasteiger partial charge in [0.25, 0.3) is 0 Å². The van der Waals surface area contributed by atoms with Gasteiger partial charge in [0.1, 0.15) is 0 Å². The molecule has 1 aromatic heterocycles. The van der Waals surface area contributed by atoms with Gasteiger partial charge in [-0.25, -0.2) is 4.98 Å². The number of anilines is 1. The van der Waals surface area contributed by atoms with E-state index in [0.29, 0.717) is 6.61 Å². The number of carbonyl (C=O) groups excluding carboxylic acids is 1. The number of hydrogen-bond donors (Lipinski definition) is 1. The minimum Gasteiger partial charge on any atom is -0.466 e. The molecule has 0 unspecified atom stereocenters. The molecule has 2 heterocycles. The predicted molar refractivity (Wildman–Crippen MR) is 87.1 cm³/mol. The summed E-state index contributed by atoms with van der Waals surface area (Å²) >= 11 is 0. The molecule has 3 rings (SSSR count). The van der Waals surface area contributed by atoms with Crippen LogP contribution >= 0.6 is 0 Å². The summed E-state index contributed by atoms with van der Waals surface area (Å²) in [6, 6.07) is 4.27. The zero-order chi connectivity index (χ0) is 15.7. The Balaban J connectivity index is 1.72. The molecule has 1 fully saturated rings. The molecule has 1 aliphatic heterocycles. The molecule has 0 saturated carbocycles. The van der Waals surface area contributed by atoms with Gasteiger partial charge < -0.3 is 14.6 Å². The standard InChI is InChI=1S/C17H23N3O2/c1-4-22-16(21)13-5-7-20(8-6-13)17-18-14-9-11(2)12(3)10-15(14)19-17/h9-10,13H,4-8H2,1-3H3,(H,18,19). The molecule has 5 heteroatoms. The quantitative estimate of drug-likeness (QED) is 0.886. The molecule has 0 amide bonds. The average Bonchev–Trinajstić information content (AvgIpc) is 2.91. The maximum Gasteiger partial charge on any atom is 0.309 e. The second-order valence-corrected chi connectivity index (χ2v) is 6.03. The summed E-state index contributed by atoms with van der Waals surface area (Å²) in [6.45, 7) is 8.20.